The van der Waals surface area contributed by atoms with Gasteiger partial charge in [0.2, 0.25) is 0 Å². The van der Waals surface area contributed by atoms with Gasteiger partial charge >= 0.3 is 5.97 Å². The van der Waals surface area contributed by atoms with Crippen LogP contribution in [0.4, 0.5) is 0 Å². The van der Waals surface area contributed by atoms with Gasteiger partial charge in [0.05, 0.1) is 18.3 Å². The minimum absolute atomic E-state index is 0.0164. The predicted octanol–water partition coefficient (Wildman–Crippen LogP) is 3.34. The summed E-state index contributed by atoms with van der Waals surface area (Å²) in [5, 5.41) is 14.1. The Kier molecular flexibility index (Phi) is 3.54. The number of aromatic carboxylic acids is 1. The number of hydrogen-bond donors (Lipinski definition) is 1. The van der Waals surface area contributed by atoms with Crippen molar-refractivity contribution in [3.8, 4) is 11.4 Å². The van der Waals surface area contributed by atoms with E-state index in [9.17, 15) is 9.90 Å². The quantitative estimate of drug-likeness (QED) is 0.693. The second-order valence-electron chi connectivity index (χ2n) is 4.43. The second-order valence-corrected chi connectivity index (χ2v) is 5.67. The summed E-state index contributed by atoms with van der Waals surface area (Å²) in [6, 6.07) is 13.0. The van der Waals surface area contributed by atoms with Crippen molar-refractivity contribution in [2.45, 2.75) is 0 Å². The van der Waals surface area contributed by atoms with E-state index >= 15 is 0 Å². The molecule has 0 radical (unpaired) electrons. The number of methoxy groups -OCH3 is 1. The molecule has 3 rings (SSSR count). The Bertz CT molecular complexity index is 842. The van der Waals surface area contributed by atoms with E-state index in [1.165, 1.54) is 0 Å². The lowest BCUT2D eigenvalue weighted by Gasteiger charge is -2.04. The zero-order valence-electron chi connectivity index (χ0n) is 11.1. The van der Waals surface area contributed by atoms with Gasteiger partial charge in [-0.3, -0.25) is 0 Å². The first-order valence-electron chi connectivity index (χ1n) is 6.16. The van der Waals surface area contributed by atoms with Crippen LogP contribution in [0.15, 0.2) is 42.5 Å². The van der Waals surface area contributed by atoms with Crippen LogP contribution in [-0.4, -0.2) is 28.0 Å². The number of nitrogens with zero attached hydrogens (tertiary/aromatic N) is 2. The molecule has 0 bridgehead atoms. The van der Waals surface area contributed by atoms with Crippen molar-refractivity contribution in [2.75, 3.05) is 7.11 Å². The number of benzene rings is 2. The van der Waals surface area contributed by atoms with Gasteiger partial charge in [-0.2, -0.15) is 5.10 Å². The van der Waals surface area contributed by atoms with Crippen LogP contribution in [0.3, 0.4) is 0 Å². The molecule has 0 amide bonds. The number of carboxylic acids is 1. The maximum absolute atomic E-state index is 11.4. The first kappa shape index (κ1) is 13.9. The van der Waals surface area contributed by atoms with Crippen molar-refractivity contribution < 1.29 is 14.6 Å². The van der Waals surface area contributed by atoms with E-state index in [0.717, 1.165) is 14.8 Å². The van der Waals surface area contributed by atoms with Gasteiger partial charge in [-0.1, -0.05) is 6.07 Å². The number of fused-ring (bicyclic) bond motifs is 1. The van der Waals surface area contributed by atoms with Crippen LogP contribution >= 0.6 is 22.6 Å². The van der Waals surface area contributed by atoms with Crippen LogP contribution in [0.1, 0.15) is 10.5 Å². The molecule has 0 spiro atoms. The van der Waals surface area contributed by atoms with Crippen LogP contribution in [0.25, 0.3) is 16.6 Å². The molecule has 0 saturated carbocycles. The highest BCUT2D eigenvalue weighted by Crippen LogP contribution is 2.26. The molecule has 0 atom stereocenters. The molecule has 0 aliphatic heterocycles. The predicted molar refractivity (Wildman–Crippen MR) is 87.3 cm³/mol. The molecule has 0 saturated heterocycles. The second kappa shape index (κ2) is 5.36. The third kappa shape index (κ3) is 2.46. The minimum atomic E-state index is -1.06. The molecule has 1 N–H and O–H groups in total. The van der Waals surface area contributed by atoms with E-state index in [-0.39, 0.29) is 5.69 Å². The number of carboxylic acid groups (broad SMARTS) is 1. The van der Waals surface area contributed by atoms with Crippen molar-refractivity contribution in [1.29, 1.82) is 0 Å². The van der Waals surface area contributed by atoms with Gasteiger partial charge < -0.3 is 9.84 Å². The van der Waals surface area contributed by atoms with Crippen LogP contribution in [0.5, 0.6) is 5.75 Å². The van der Waals surface area contributed by atoms with Crippen LogP contribution in [-0.2, 0) is 0 Å². The van der Waals surface area contributed by atoms with E-state index in [0.29, 0.717) is 11.1 Å². The first-order chi connectivity index (χ1) is 10.1. The first-order valence-corrected chi connectivity index (χ1v) is 7.24. The summed E-state index contributed by atoms with van der Waals surface area (Å²) >= 11 is 2.21. The van der Waals surface area contributed by atoms with Gasteiger partial charge in [0.15, 0.2) is 5.69 Å². The summed E-state index contributed by atoms with van der Waals surface area (Å²) in [7, 11) is 1.55. The van der Waals surface area contributed by atoms with Crippen LogP contribution in [0.2, 0.25) is 0 Å². The molecule has 0 aliphatic carbocycles. The number of aromatic nitrogens is 2. The average molecular weight is 394 g/mol. The number of carbonyl (C=O) groups is 1. The molecule has 1 heterocycles. The standard InChI is InChI=1S/C15H11IN2O3/c1-21-11-5-6-13-12(8-11)14(15(19)20)17-18(13)10-4-2-3-9(16)7-10/h2-8H,1H3,(H,19,20). The average Bonchev–Trinajstić information content (AvgIpc) is 2.86. The van der Waals surface area contributed by atoms with E-state index in [2.05, 4.69) is 27.7 Å². The Morgan fingerprint density at radius 1 is 1.29 bits per heavy atom. The third-order valence-electron chi connectivity index (χ3n) is 3.14. The van der Waals surface area contributed by atoms with Gasteiger partial charge in [-0.15, -0.1) is 0 Å². The molecule has 3 aromatic rings. The van der Waals surface area contributed by atoms with Crippen molar-refractivity contribution in [3.63, 3.8) is 0 Å². The fourth-order valence-corrected chi connectivity index (χ4v) is 2.71. The molecule has 106 valence electrons. The Morgan fingerprint density at radius 3 is 2.76 bits per heavy atom. The monoisotopic (exact) mass is 394 g/mol. The van der Waals surface area contributed by atoms with Crippen molar-refractivity contribution >= 4 is 39.5 Å². The molecule has 0 fully saturated rings. The lowest BCUT2D eigenvalue weighted by Crippen LogP contribution is -2.01. The van der Waals surface area contributed by atoms with E-state index in [1.54, 1.807) is 23.9 Å². The summed E-state index contributed by atoms with van der Waals surface area (Å²) in [5.74, 6) is -0.454. The van der Waals surface area contributed by atoms with E-state index < -0.39 is 5.97 Å². The molecule has 6 heteroatoms. The molecular weight excluding hydrogens is 383 g/mol. The summed E-state index contributed by atoms with van der Waals surface area (Å²) in [4.78, 5) is 11.4. The highest BCUT2D eigenvalue weighted by molar-refractivity contribution is 14.1. The molecule has 1 aromatic heterocycles. The number of halogens is 1. The summed E-state index contributed by atoms with van der Waals surface area (Å²) in [6.07, 6.45) is 0. The van der Waals surface area contributed by atoms with Gasteiger partial charge in [0.1, 0.15) is 5.75 Å². The number of rotatable bonds is 3. The zero-order valence-corrected chi connectivity index (χ0v) is 13.2. The van der Waals surface area contributed by atoms with Gasteiger partial charge in [-0.05, 0) is 59.0 Å². The molecule has 0 unspecified atom stereocenters. The molecular formula is C15H11IN2O3. The van der Waals surface area contributed by atoms with Gasteiger partial charge in [0.25, 0.3) is 0 Å². The maximum atomic E-state index is 11.4. The lowest BCUT2D eigenvalue weighted by atomic mass is 10.2. The molecule has 2 aromatic carbocycles. The number of hydrogen-bond acceptors (Lipinski definition) is 3. The van der Waals surface area contributed by atoms with Gasteiger partial charge in [0, 0.05) is 8.96 Å². The van der Waals surface area contributed by atoms with Crippen LogP contribution < -0.4 is 4.74 Å². The molecule has 5 nitrogen and oxygen atoms in total. The minimum Gasteiger partial charge on any atom is -0.497 e. The fraction of sp³-hybridized carbons (Fsp3) is 0.0667. The molecule has 0 aliphatic rings. The topological polar surface area (TPSA) is 64.3 Å². The highest BCUT2D eigenvalue weighted by atomic mass is 127. The van der Waals surface area contributed by atoms with E-state index in [1.807, 2.05) is 30.3 Å². The third-order valence-corrected chi connectivity index (χ3v) is 3.81. The Labute approximate surface area is 134 Å². The smallest absolute Gasteiger partial charge is 0.357 e. The normalized spacial score (nSPS) is 10.8. The summed E-state index contributed by atoms with van der Waals surface area (Å²) < 4.78 is 7.85. The Hall–Kier alpha value is -2.09. The maximum Gasteiger partial charge on any atom is 0.357 e. The van der Waals surface area contributed by atoms with Crippen LogP contribution in [0, 0.1) is 3.57 Å². The largest absolute Gasteiger partial charge is 0.497 e. The highest BCUT2D eigenvalue weighted by Gasteiger charge is 2.18. The zero-order chi connectivity index (χ0) is 15.0. The van der Waals surface area contributed by atoms with Crippen molar-refractivity contribution in [3.05, 3.63) is 51.7 Å². The summed E-state index contributed by atoms with van der Waals surface area (Å²) in [5.41, 5.74) is 1.57. The van der Waals surface area contributed by atoms with Gasteiger partial charge in [-0.25, -0.2) is 9.48 Å². The Morgan fingerprint density at radius 2 is 2.10 bits per heavy atom. The van der Waals surface area contributed by atoms with Crippen molar-refractivity contribution in [2.24, 2.45) is 0 Å². The SMILES string of the molecule is COc1ccc2c(c1)c(C(=O)O)nn2-c1cccc(I)c1. The lowest BCUT2D eigenvalue weighted by molar-refractivity contribution is 0.0692. The Balaban J connectivity index is 2.31. The van der Waals surface area contributed by atoms with Crippen molar-refractivity contribution in [1.82, 2.24) is 9.78 Å². The van der Waals surface area contributed by atoms with E-state index in [4.69, 9.17) is 4.74 Å². The number of ether oxygens (including phenoxy) is 1. The fourth-order valence-electron chi connectivity index (χ4n) is 2.19. The molecule has 21 heavy (non-hydrogen) atoms. The summed E-state index contributed by atoms with van der Waals surface area (Å²) in [6.45, 7) is 0.